The first-order valence-electron chi connectivity index (χ1n) is 11.3. The lowest BCUT2D eigenvalue weighted by atomic mass is 10.0. The Hall–Kier alpha value is -1.72. The highest BCUT2D eigenvalue weighted by molar-refractivity contribution is 8.76. The SMILES string of the molecule is O=C(CCCC[C@@H]1SCC2NC(=O)N[C@@H]21)NCCSSCCC(=O)NCc1ccc(O)cc1. The number of nitrogens with one attached hydrogen (secondary N) is 4. The van der Waals surface area contributed by atoms with Crippen molar-refractivity contribution in [1.29, 1.82) is 0 Å². The number of carbonyl (C=O) groups excluding carboxylic acids is 3. The van der Waals surface area contributed by atoms with Gasteiger partial charge < -0.3 is 26.4 Å². The van der Waals surface area contributed by atoms with Gasteiger partial charge in [-0.3, -0.25) is 9.59 Å². The molecule has 33 heavy (non-hydrogen) atoms. The molecular formula is C22H32N4O4S3. The van der Waals surface area contributed by atoms with E-state index in [1.807, 2.05) is 11.8 Å². The Morgan fingerprint density at radius 1 is 1.03 bits per heavy atom. The maximum atomic E-state index is 12.0. The van der Waals surface area contributed by atoms with Crippen LogP contribution in [0.2, 0.25) is 0 Å². The van der Waals surface area contributed by atoms with Gasteiger partial charge in [0.2, 0.25) is 11.8 Å². The van der Waals surface area contributed by atoms with Gasteiger partial charge in [0.1, 0.15) is 5.75 Å². The highest BCUT2D eigenvalue weighted by Crippen LogP contribution is 2.33. The number of unbranched alkanes of at least 4 members (excludes halogenated alkanes) is 1. The third kappa shape index (κ3) is 9.21. The van der Waals surface area contributed by atoms with Gasteiger partial charge in [0.15, 0.2) is 0 Å². The molecule has 5 N–H and O–H groups in total. The topological polar surface area (TPSA) is 120 Å². The third-order valence-corrected chi connectivity index (χ3v) is 9.43. The molecule has 4 amide bonds. The van der Waals surface area contributed by atoms with Crippen molar-refractivity contribution in [2.45, 2.75) is 56.0 Å². The minimum atomic E-state index is -0.0559. The van der Waals surface area contributed by atoms with Gasteiger partial charge >= 0.3 is 6.03 Å². The number of phenolic OH excluding ortho intramolecular Hbond substituents is 1. The summed E-state index contributed by atoms with van der Waals surface area (Å²) in [5, 5.41) is 21.5. The molecule has 0 spiro atoms. The van der Waals surface area contributed by atoms with Gasteiger partial charge in [-0.25, -0.2) is 4.79 Å². The first kappa shape index (κ1) is 25.9. The fourth-order valence-corrected chi connectivity index (χ4v) is 7.19. The van der Waals surface area contributed by atoms with Crippen LogP contribution < -0.4 is 21.3 Å². The van der Waals surface area contributed by atoms with Crippen molar-refractivity contribution in [2.24, 2.45) is 0 Å². The number of urea groups is 1. The number of hydrogen-bond donors (Lipinski definition) is 5. The summed E-state index contributed by atoms with van der Waals surface area (Å²) in [7, 11) is 3.29. The first-order valence-corrected chi connectivity index (χ1v) is 14.8. The van der Waals surface area contributed by atoms with Crippen LogP contribution in [0.25, 0.3) is 0 Å². The van der Waals surface area contributed by atoms with Crippen molar-refractivity contribution in [3.63, 3.8) is 0 Å². The second-order valence-corrected chi connectivity index (χ2v) is 12.0. The lowest BCUT2D eigenvalue weighted by molar-refractivity contribution is -0.121. The number of benzene rings is 1. The van der Waals surface area contributed by atoms with Crippen LogP contribution in [-0.2, 0) is 16.1 Å². The van der Waals surface area contributed by atoms with E-state index in [1.54, 1.807) is 45.9 Å². The van der Waals surface area contributed by atoms with Gasteiger partial charge in [0.25, 0.3) is 0 Å². The van der Waals surface area contributed by atoms with Gasteiger partial charge in [0.05, 0.1) is 12.1 Å². The van der Waals surface area contributed by atoms with E-state index in [2.05, 4.69) is 21.3 Å². The molecule has 11 heteroatoms. The quantitative estimate of drug-likeness (QED) is 0.148. The highest BCUT2D eigenvalue weighted by atomic mass is 33.1. The zero-order valence-corrected chi connectivity index (χ0v) is 21.0. The van der Waals surface area contributed by atoms with Crippen molar-refractivity contribution >= 4 is 51.2 Å². The minimum Gasteiger partial charge on any atom is -0.508 e. The van der Waals surface area contributed by atoms with E-state index >= 15 is 0 Å². The predicted molar refractivity (Wildman–Crippen MR) is 136 cm³/mol. The number of amides is 4. The van der Waals surface area contributed by atoms with Crippen LogP contribution in [0.5, 0.6) is 5.75 Å². The predicted octanol–water partition coefficient (Wildman–Crippen LogP) is 2.62. The van der Waals surface area contributed by atoms with Crippen molar-refractivity contribution in [1.82, 2.24) is 21.3 Å². The van der Waals surface area contributed by atoms with Crippen molar-refractivity contribution in [2.75, 3.05) is 23.8 Å². The molecule has 2 aliphatic rings. The van der Waals surface area contributed by atoms with Gasteiger partial charge in [-0.1, -0.05) is 40.1 Å². The molecule has 0 saturated carbocycles. The van der Waals surface area contributed by atoms with Crippen LogP contribution in [0.4, 0.5) is 4.79 Å². The van der Waals surface area contributed by atoms with E-state index < -0.39 is 0 Å². The van der Waals surface area contributed by atoms with Crippen LogP contribution >= 0.6 is 33.3 Å². The summed E-state index contributed by atoms with van der Waals surface area (Å²) in [6, 6.07) is 7.21. The molecule has 0 bridgehead atoms. The van der Waals surface area contributed by atoms with E-state index in [0.29, 0.717) is 31.2 Å². The maximum absolute atomic E-state index is 12.0. The van der Waals surface area contributed by atoms with Gasteiger partial charge in [-0.15, -0.1) is 0 Å². The van der Waals surface area contributed by atoms with E-state index in [9.17, 15) is 19.5 Å². The number of thioether (sulfide) groups is 1. The summed E-state index contributed by atoms with van der Waals surface area (Å²) in [5.74, 6) is 2.79. The number of rotatable bonds is 14. The van der Waals surface area contributed by atoms with E-state index in [-0.39, 0.29) is 35.7 Å². The zero-order valence-electron chi connectivity index (χ0n) is 18.5. The summed E-state index contributed by atoms with van der Waals surface area (Å²) in [5.41, 5.74) is 0.949. The Labute approximate surface area is 207 Å². The van der Waals surface area contributed by atoms with Crippen LogP contribution in [0, 0.1) is 0 Å². The first-order chi connectivity index (χ1) is 16.0. The highest BCUT2D eigenvalue weighted by Gasteiger charge is 2.42. The van der Waals surface area contributed by atoms with Crippen LogP contribution in [0.15, 0.2) is 24.3 Å². The van der Waals surface area contributed by atoms with E-state index in [1.165, 1.54) is 0 Å². The van der Waals surface area contributed by atoms with E-state index in [0.717, 1.165) is 42.1 Å². The number of phenols is 1. The normalized spacial score (nSPS) is 21.2. The number of hydrogen-bond acceptors (Lipinski definition) is 7. The van der Waals surface area contributed by atoms with Crippen LogP contribution in [0.3, 0.4) is 0 Å². The Kier molecular flexibility index (Phi) is 10.9. The molecule has 1 unspecified atom stereocenters. The summed E-state index contributed by atoms with van der Waals surface area (Å²) >= 11 is 1.91. The molecule has 0 aromatic heterocycles. The molecule has 3 atom stereocenters. The fourth-order valence-electron chi connectivity index (χ4n) is 3.75. The Morgan fingerprint density at radius 2 is 1.79 bits per heavy atom. The second kappa shape index (κ2) is 13.9. The van der Waals surface area contributed by atoms with Crippen molar-refractivity contribution in [3.05, 3.63) is 29.8 Å². The van der Waals surface area contributed by atoms with E-state index in [4.69, 9.17) is 0 Å². The molecule has 0 radical (unpaired) electrons. The second-order valence-electron chi connectivity index (χ2n) is 8.05. The van der Waals surface area contributed by atoms with Gasteiger partial charge in [-0.2, -0.15) is 11.8 Å². The monoisotopic (exact) mass is 512 g/mol. The molecule has 2 fully saturated rings. The number of carbonyl (C=O) groups is 3. The van der Waals surface area contributed by atoms with Crippen molar-refractivity contribution in [3.8, 4) is 5.75 Å². The summed E-state index contributed by atoms with van der Waals surface area (Å²) in [6.45, 7) is 1.08. The fraction of sp³-hybridized carbons (Fsp3) is 0.591. The molecule has 2 aliphatic heterocycles. The Balaban J connectivity index is 1.11. The number of fused-ring (bicyclic) bond motifs is 1. The lowest BCUT2D eigenvalue weighted by Gasteiger charge is -2.16. The lowest BCUT2D eigenvalue weighted by Crippen LogP contribution is -2.36. The number of aromatic hydroxyl groups is 1. The maximum Gasteiger partial charge on any atom is 0.315 e. The molecule has 8 nitrogen and oxygen atoms in total. The van der Waals surface area contributed by atoms with Crippen LogP contribution in [0.1, 0.15) is 37.7 Å². The summed E-state index contributed by atoms with van der Waals surface area (Å²) in [4.78, 5) is 35.3. The Bertz CT molecular complexity index is 796. The average Bonchev–Trinajstić information content (AvgIpc) is 3.35. The Morgan fingerprint density at radius 3 is 2.61 bits per heavy atom. The minimum absolute atomic E-state index is 0.00239. The zero-order chi connectivity index (χ0) is 23.5. The molecular weight excluding hydrogens is 480 g/mol. The molecule has 182 valence electrons. The molecule has 1 aromatic rings. The largest absolute Gasteiger partial charge is 0.508 e. The standard InChI is InChI=1S/C22H32N4O4S3/c27-16-7-5-15(6-8-16)13-24-20(29)9-11-32-33-12-10-23-19(28)4-2-1-3-18-21-17(14-31-18)25-22(30)26-21/h5-8,17-18,21,27H,1-4,9-14H2,(H,23,28)(H,24,29)(H2,25,26,30)/t17?,18-,21-/m0/s1. The molecule has 1 aromatic carbocycles. The molecule has 2 saturated heterocycles. The summed E-state index contributed by atoms with van der Waals surface area (Å²) in [6.07, 6.45) is 3.86. The van der Waals surface area contributed by atoms with Gasteiger partial charge in [0, 0.05) is 48.4 Å². The summed E-state index contributed by atoms with van der Waals surface area (Å²) < 4.78 is 0. The molecule has 3 rings (SSSR count). The molecule has 2 heterocycles. The van der Waals surface area contributed by atoms with Gasteiger partial charge in [-0.05, 0) is 30.5 Å². The third-order valence-electron chi connectivity index (χ3n) is 5.51. The molecule has 0 aliphatic carbocycles. The average molecular weight is 513 g/mol. The smallest absolute Gasteiger partial charge is 0.315 e. The van der Waals surface area contributed by atoms with Crippen LogP contribution in [-0.4, -0.2) is 64.1 Å². The van der Waals surface area contributed by atoms with Crippen molar-refractivity contribution < 1.29 is 19.5 Å².